The second-order valence-electron chi connectivity index (χ2n) is 4.14. The summed E-state index contributed by atoms with van der Waals surface area (Å²) in [5.74, 6) is -0.365. The number of nitrogens with zero attached hydrogens (tertiary/aromatic N) is 2. The fraction of sp³-hybridized carbons (Fsp3) is 0.0667. The highest BCUT2D eigenvalue weighted by atomic mass is 35.5. The Morgan fingerprint density at radius 2 is 1.90 bits per heavy atom. The Morgan fingerprint density at radius 3 is 2.40 bits per heavy atom. The fourth-order valence-electron chi connectivity index (χ4n) is 1.78. The Bertz CT molecular complexity index is 718. The highest BCUT2D eigenvalue weighted by Crippen LogP contribution is 2.27. The first kappa shape index (κ1) is 14.4. The number of Topliss-reactive ketones (excluding diaryl/α,β-unsaturated/α-hetero) is 1. The van der Waals surface area contributed by atoms with E-state index >= 15 is 0 Å². The molecule has 0 saturated carbocycles. The zero-order valence-electron chi connectivity index (χ0n) is 10.6. The van der Waals surface area contributed by atoms with Gasteiger partial charge in [-0.3, -0.25) is 4.79 Å². The van der Waals surface area contributed by atoms with E-state index in [9.17, 15) is 10.1 Å². The van der Waals surface area contributed by atoms with Gasteiger partial charge in [0.25, 0.3) is 0 Å². The smallest absolute Gasteiger partial charge is 0.219 e. The molecule has 1 heterocycles. The molecule has 0 aliphatic heterocycles. The average molecular weight is 305 g/mol. The van der Waals surface area contributed by atoms with Gasteiger partial charge < -0.3 is 4.57 Å². The van der Waals surface area contributed by atoms with Gasteiger partial charge in [-0.2, -0.15) is 5.26 Å². The summed E-state index contributed by atoms with van der Waals surface area (Å²) in [5.41, 5.74) is 0.887. The van der Waals surface area contributed by atoms with E-state index in [1.807, 2.05) is 6.07 Å². The van der Waals surface area contributed by atoms with Crippen molar-refractivity contribution in [1.82, 2.24) is 4.57 Å². The summed E-state index contributed by atoms with van der Waals surface area (Å²) in [6.45, 7) is 0. The van der Waals surface area contributed by atoms with Gasteiger partial charge in [0, 0.05) is 28.9 Å². The average Bonchev–Trinajstić information content (AvgIpc) is 2.84. The molecule has 2 rings (SSSR count). The number of benzene rings is 1. The molecule has 0 atom stereocenters. The number of aryl methyl sites for hydroxylation is 1. The third-order valence-electron chi connectivity index (χ3n) is 2.83. The summed E-state index contributed by atoms with van der Waals surface area (Å²) in [6, 6.07) is 10.3. The summed E-state index contributed by atoms with van der Waals surface area (Å²) < 4.78 is 1.65. The van der Waals surface area contributed by atoms with Gasteiger partial charge in [0.15, 0.2) is 0 Å². The van der Waals surface area contributed by atoms with Crippen LogP contribution < -0.4 is 0 Å². The van der Waals surface area contributed by atoms with E-state index in [2.05, 4.69) is 0 Å². The first-order valence-corrected chi connectivity index (χ1v) is 6.52. The molecule has 0 bridgehead atoms. The molecule has 1 aromatic carbocycles. The van der Waals surface area contributed by atoms with Crippen molar-refractivity contribution >= 4 is 35.1 Å². The molecule has 0 unspecified atom stereocenters. The van der Waals surface area contributed by atoms with E-state index in [4.69, 9.17) is 23.2 Å². The van der Waals surface area contributed by atoms with Crippen molar-refractivity contribution in [3.05, 3.63) is 63.4 Å². The third kappa shape index (κ3) is 2.77. The lowest BCUT2D eigenvalue weighted by molar-refractivity contribution is 0.103. The molecular formula is C15H10Cl2N2O. The minimum Gasteiger partial charge on any atom is -0.348 e. The van der Waals surface area contributed by atoms with Crippen molar-refractivity contribution in [1.29, 1.82) is 5.26 Å². The van der Waals surface area contributed by atoms with E-state index in [-0.39, 0.29) is 11.4 Å². The maximum atomic E-state index is 12.3. The summed E-state index contributed by atoms with van der Waals surface area (Å²) >= 11 is 12.1. The Kier molecular flexibility index (Phi) is 4.29. The van der Waals surface area contributed by atoms with Crippen LogP contribution in [0.25, 0.3) is 6.08 Å². The van der Waals surface area contributed by atoms with Crippen molar-refractivity contribution in [3.63, 3.8) is 0 Å². The molecule has 3 nitrogen and oxygen atoms in total. The van der Waals surface area contributed by atoms with Gasteiger partial charge in [-0.1, -0.05) is 29.3 Å². The standard InChI is InChI=1S/C15H10Cl2N2O/c1-19-7-3-6-14(19)15(20)10(9-18)8-11-12(16)4-2-5-13(11)17/h2-8H,1H3. The third-order valence-corrected chi connectivity index (χ3v) is 3.49. The number of hydrogen-bond donors (Lipinski definition) is 0. The van der Waals surface area contributed by atoms with Crippen LogP contribution in [0, 0.1) is 11.3 Å². The van der Waals surface area contributed by atoms with Crippen LogP contribution in [-0.2, 0) is 7.05 Å². The zero-order chi connectivity index (χ0) is 14.7. The van der Waals surface area contributed by atoms with Crippen molar-refractivity contribution in [3.8, 4) is 6.07 Å². The molecule has 100 valence electrons. The molecule has 2 aromatic rings. The van der Waals surface area contributed by atoms with E-state index < -0.39 is 0 Å². The normalized spacial score (nSPS) is 11.2. The van der Waals surface area contributed by atoms with Crippen LogP contribution in [0.15, 0.2) is 42.1 Å². The minimum atomic E-state index is -0.365. The highest BCUT2D eigenvalue weighted by Gasteiger charge is 2.16. The van der Waals surface area contributed by atoms with Gasteiger partial charge in [0.05, 0.1) is 5.69 Å². The van der Waals surface area contributed by atoms with Crippen LogP contribution in [0.3, 0.4) is 0 Å². The number of ketones is 1. The number of rotatable bonds is 3. The quantitative estimate of drug-likeness (QED) is 0.486. The van der Waals surface area contributed by atoms with Crippen molar-refractivity contribution in [2.45, 2.75) is 0 Å². The van der Waals surface area contributed by atoms with Crippen molar-refractivity contribution < 1.29 is 4.79 Å². The molecule has 0 N–H and O–H groups in total. The topological polar surface area (TPSA) is 45.8 Å². The van der Waals surface area contributed by atoms with Crippen LogP contribution in [0.5, 0.6) is 0 Å². The molecule has 5 heteroatoms. The van der Waals surface area contributed by atoms with Crippen LogP contribution in [0.2, 0.25) is 10.0 Å². The molecule has 0 aliphatic carbocycles. The summed E-state index contributed by atoms with van der Waals surface area (Å²) in [4.78, 5) is 12.3. The number of halogens is 2. The number of carbonyl (C=O) groups is 1. The van der Waals surface area contributed by atoms with Crippen LogP contribution >= 0.6 is 23.2 Å². The fourth-order valence-corrected chi connectivity index (χ4v) is 2.28. The molecule has 0 radical (unpaired) electrons. The molecule has 1 aromatic heterocycles. The van der Waals surface area contributed by atoms with Gasteiger partial charge in [-0.25, -0.2) is 0 Å². The number of nitriles is 1. The van der Waals surface area contributed by atoms with E-state index in [1.54, 1.807) is 48.1 Å². The monoisotopic (exact) mass is 304 g/mol. The number of allylic oxidation sites excluding steroid dienone is 1. The second kappa shape index (κ2) is 5.96. The van der Waals surface area contributed by atoms with E-state index in [1.165, 1.54) is 6.08 Å². The van der Waals surface area contributed by atoms with Gasteiger partial charge in [0.1, 0.15) is 11.6 Å². The summed E-state index contributed by atoms with van der Waals surface area (Å²) in [5, 5.41) is 9.98. The molecular weight excluding hydrogens is 295 g/mol. The van der Waals surface area contributed by atoms with Gasteiger partial charge in [0.2, 0.25) is 5.78 Å². The Labute approximate surface area is 126 Å². The molecule has 0 saturated heterocycles. The number of aromatic nitrogens is 1. The Morgan fingerprint density at radius 1 is 1.25 bits per heavy atom. The highest BCUT2D eigenvalue weighted by molar-refractivity contribution is 6.37. The lowest BCUT2D eigenvalue weighted by Crippen LogP contribution is -2.07. The zero-order valence-corrected chi connectivity index (χ0v) is 12.1. The lowest BCUT2D eigenvalue weighted by Gasteiger charge is -2.04. The van der Waals surface area contributed by atoms with Gasteiger partial charge >= 0.3 is 0 Å². The molecule has 0 amide bonds. The summed E-state index contributed by atoms with van der Waals surface area (Å²) in [6.07, 6.45) is 3.16. The molecule has 0 spiro atoms. The van der Waals surface area contributed by atoms with Crippen LogP contribution in [-0.4, -0.2) is 10.4 Å². The Hall–Kier alpha value is -2.02. The van der Waals surface area contributed by atoms with Crippen LogP contribution in [0.1, 0.15) is 16.1 Å². The van der Waals surface area contributed by atoms with Gasteiger partial charge in [-0.15, -0.1) is 0 Å². The van der Waals surface area contributed by atoms with Crippen LogP contribution in [0.4, 0.5) is 0 Å². The lowest BCUT2D eigenvalue weighted by atomic mass is 10.1. The first-order valence-electron chi connectivity index (χ1n) is 5.76. The maximum absolute atomic E-state index is 12.3. The molecule has 0 fully saturated rings. The number of carbonyl (C=O) groups excluding carboxylic acids is 1. The summed E-state index contributed by atoms with van der Waals surface area (Å²) in [7, 11) is 1.74. The van der Waals surface area contributed by atoms with Crippen molar-refractivity contribution in [2.24, 2.45) is 7.05 Å². The predicted octanol–water partition coefficient (Wildman–Crippen LogP) is 4.12. The van der Waals surface area contributed by atoms with E-state index in [0.29, 0.717) is 21.3 Å². The van der Waals surface area contributed by atoms with Crippen molar-refractivity contribution in [2.75, 3.05) is 0 Å². The molecule has 20 heavy (non-hydrogen) atoms. The first-order chi connectivity index (χ1) is 9.54. The van der Waals surface area contributed by atoms with E-state index in [0.717, 1.165) is 0 Å². The predicted molar refractivity (Wildman–Crippen MR) is 79.8 cm³/mol. The van der Waals surface area contributed by atoms with Gasteiger partial charge in [-0.05, 0) is 30.3 Å². The number of hydrogen-bond acceptors (Lipinski definition) is 2. The maximum Gasteiger partial charge on any atom is 0.219 e. The Balaban J connectivity index is 2.49. The SMILES string of the molecule is Cn1cccc1C(=O)C(C#N)=Cc1c(Cl)cccc1Cl. The minimum absolute atomic E-state index is 0.0122. The second-order valence-corrected chi connectivity index (χ2v) is 4.95. The largest absolute Gasteiger partial charge is 0.348 e. The molecule has 0 aliphatic rings.